The third-order valence-electron chi connectivity index (χ3n) is 5.61. The van der Waals surface area contributed by atoms with Crippen LogP contribution in [-0.4, -0.2) is 53.8 Å². The number of nitro groups is 1. The van der Waals surface area contributed by atoms with Gasteiger partial charge < -0.3 is 18.9 Å². The zero-order chi connectivity index (χ0) is 23.4. The summed E-state index contributed by atoms with van der Waals surface area (Å²) >= 11 is 0. The highest BCUT2D eigenvalue weighted by Gasteiger charge is 2.72. The van der Waals surface area contributed by atoms with Crippen LogP contribution in [0, 0.1) is 22.0 Å². The number of non-ortho nitro benzene ring substituents is 1. The number of hydrogen-bond donors (Lipinski definition) is 0. The largest absolute Gasteiger partial charge is 0.495 e. The fraction of sp³-hybridized carbons (Fsp3) is 0.400. The molecule has 12 nitrogen and oxygen atoms in total. The van der Waals surface area contributed by atoms with Crippen LogP contribution in [-0.2, 0) is 33.4 Å². The van der Waals surface area contributed by atoms with E-state index >= 15 is 0 Å². The van der Waals surface area contributed by atoms with Crippen molar-refractivity contribution in [1.82, 2.24) is 0 Å². The molecule has 2 fully saturated rings. The maximum absolute atomic E-state index is 13.5. The number of carbonyl (C=O) groups is 4. The van der Waals surface area contributed by atoms with Crippen LogP contribution in [0.15, 0.2) is 30.4 Å². The van der Waals surface area contributed by atoms with Crippen LogP contribution in [0.2, 0.25) is 0 Å². The van der Waals surface area contributed by atoms with E-state index in [1.54, 1.807) is 0 Å². The molecule has 0 saturated carbocycles. The van der Waals surface area contributed by atoms with Crippen molar-refractivity contribution in [3.8, 4) is 5.75 Å². The van der Waals surface area contributed by atoms with Crippen molar-refractivity contribution in [2.24, 2.45) is 11.8 Å². The Labute approximate surface area is 180 Å². The number of nitro benzene ring substituents is 1. The van der Waals surface area contributed by atoms with Gasteiger partial charge in [-0.15, -0.1) is 0 Å². The molecule has 0 radical (unpaired) electrons. The van der Waals surface area contributed by atoms with E-state index in [0.29, 0.717) is 0 Å². The second-order valence-electron chi connectivity index (χ2n) is 7.47. The molecule has 4 unspecified atom stereocenters. The van der Waals surface area contributed by atoms with Gasteiger partial charge in [0, 0.05) is 26.0 Å². The van der Waals surface area contributed by atoms with Crippen LogP contribution in [0.25, 0.3) is 0 Å². The van der Waals surface area contributed by atoms with Crippen LogP contribution in [0.3, 0.4) is 0 Å². The lowest BCUT2D eigenvalue weighted by Crippen LogP contribution is -2.52. The number of fused-ring (bicyclic) bond motifs is 5. The summed E-state index contributed by atoms with van der Waals surface area (Å²) < 4.78 is 21.3. The molecule has 32 heavy (non-hydrogen) atoms. The smallest absolute Gasteiger partial charge is 0.305 e. The Morgan fingerprint density at radius 3 is 2.41 bits per heavy atom. The molecule has 0 N–H and O–H groups in total. The first-order valence-electron chi connectivity index (χ1n) is 9.52. The van der Waals surface area contributed by atoms with Crippen LogP contribution < -0.4 is 9.64 Å². The number of benzene rings is 1. The summed E-state index contributed by atoms with van der Waals surface area (Å²) in [6, 6.07) is 3.53. The molecule has 2 bridgehead atoms. The Hall–Kier alpha value is -3.80. The van der Waals surface area contributed by atoms with E-state index in [0.717, 1.165) is 24.8 Å². The van der Waals surface area contributed by atoms with E-state index in [-0.39, 0.29) is 17.1 Å². The Balaban J connectivity index is 1.79. The van der Waals surface area contributed by atoms with Gasteiger partial charge in [-0.05, 0) is 12.1 Å². The van der Waals surface area contributed by atoms with E-state index in [1.807, 2.05) is 0 Å². The lowest BCUT2D eigenvalue weighted by molar-refractivity contribution is -0.384. The minimum Gasteiger partial charge on any atom is -0.495 e. The summed E-state index contributed by atoms with van der Waals surface area (Å²) in [7, 11) is 1.30. The molecule has 1 aromatic carbocycles. The number of carbonyl (C=O) groups excluding carboxylic acids is 4. The molecule has 2 amide bonds. The molecular weight excluding hydrogens is 428 g/mol. The third-order valence-corrected chi connectivity index (χ3v) is 5.61. The first-order valence-corrected chi connectivity index (χ1v) is 9.52. The van der Waals surface area contributed by atoms with Gasteiger partial charge in [0.1, 0.15) is 11.4 Å². The molecule has 0 aromatic heterocycles. The molecule has 0 aliphatic carbocycles. The zero-order valence-corrected chi connectivity index (χ0v) is 17.2. The van der Waals surface area contributed by atoms with Gasteiger partial charge in [-0.25, -0.2) is 4.90 Å². The summed E-state index contributed by atoms with van der Waals surface area (Å²) in [5.74, 6) is -5.13. The Bertz CT molecular complexity index is 1070. The van der Waals surface area contributed by atoms with E-state index in [1.165, 1.54) is 31.4 Å². The molecule has 1 aromatic rings. The second kappa shape index (κ2) is 7.41. The monoisotopic (exact) mass is 446 g/mol. The van der Waals surface area contributed by atoms with Crippen molar-refractivity contribution >= 4 is 35.1 Å². The van der Waals surface area contributed by atoms with Crippen LogP contribution in [0.4, 0.5) is 11.4 Å². The molecule has 2 saturated heterocycles. The van der Waals surface area contributed by atoms with Crippen molar-refractivity contribution in [2.45, 2.75) is 31.8 Å². The second-order valence-corrected chi connectivity index (χ2v) is 7.47. The number of nitrogens with zero attached hydrogens (tertiary/aromatic N) is 2. The van der Waals surface area contributed by atoms with E-state index < -0.39 is 58.5 Å². The number of methoxy groups -OCH3 is 1. The highest BCUT2D eigenvalue weighted by atomic mass is 16.7. The van der Waals surface area contributed by atoms with Crippen molar-refractivity contribution in [2.75, 3.05) is 12.0 Å². The molecule has 12 heteroatoms. The standard InChI is InChI=1S/C20H18N2O10/c1-9(23)30-19(31-10(2)24)20-7-6-14(32-20)15-16(20)18(26)21(17(15)25)12-8-11(22(27)28)4-5-13(12)29-3/h4-8,14-16,19H,1-3H3. The zero-order valence-electron chi connectivity index (χ0n) is 17.2. The van der Waals surface area contributed by atoms with E-state index in [9.17, 15) is 29.3 Å². The third kappa shape index (κ3) is 3.02. The predicted octanol–water partition coefficient (Wildman–Crippen LogP) is 0.869. The molecule has 3 heterocycles. The molecular formula is C20H18N2O10. The number of anilines is 1. The summed E-state index contributed by atoms with van der Waals surface area (Å²) in [6.45, 7) is 2.19. The van der Waals surface area contributed by atoms with Crippen molar-refractivity contribution < 1.29 is 43.0 Å². The van der Waals surface area contributed by atoms with Gasteiger partial charge in [-0.3, -0.25) is 29.3 Å². The highest BCUT2D eigenvalue weighted by molar-refractivity contribution is 6.24. The first kappa shape index (κ1) is 21.4. The van der Waals surface area contributed by atoms with Gasteiger partial charge in [-0.2, -0.15) is 0 Å². The molecule has 4 atom stereocenters. The first-order chi connectivity index (χ1) is 15.1. The number of imide groups is 1. The minimum atomic E-state index is -1.72. The molecule has 3 aliphatic heterocycles. The van der Waals surface area contributed by atoms with Gasteiger partial charge in [0.2, 0.25) is 11.8 Å². The fourth-order valence-corrected chi connectivity index (χ4v) is 4.42. The summed E-state index contributed by atoms with van der Waals surface area (Å²) in [6.07, 6.45) is 0.507. The highest BCUT2D eigenvalue weighted by Crippen LogP contribution is 2.55. The number of amides is 2. The van der Waals surface area contributed by atoms with Crippen molar-refractivity contribution in [3.63, 3.8) is 0 Å². The van der Waals surface area contributed by atoms with Gasteiger partial charge in [0.25, 0.3) is 12.0 Å². The number of hydrogen-bond acceptors (Lipinski definition) is 10. The molecule has 3 aliphatic rings. The summed E-state index contributed by atoms with van der Waals surface area (Å²) in [5.41, 5.74) is -2.16. The molecule has 4 rings (SSSR count). The fourth-order valence-electron chi connectivity index (χ4n) is 4.42. The van der Waals surface area contributed by atoms with Gasteiger partial charge >= 0.3 is 11.9 Å². The SMILES string of the molecule is COc1ccc([N+](=O)[O-])cc1N1C(=O)C2C3C=CC(C(OC(C)=O)OC(C)=O)(O3)C2C1=O. The van der Waals surface area contributed by atoms with Crippen LogP contribution in [0.5, 0.6) is 5.75 Å². The summed E-state index contributed by atoms with van der Waals surface area (Å²) in [5, 5.41) is 11.2. The molecule has 168 valence electrons. The number of rotatable bonds is 6. The maximum Gasteiger partial charge on any atom is 0.305 e. The maximum atomic E-state index is 13.5. The summed E-state index contributed by atoms with van der Waals surface area (Å²) in [4.78, 5) is 61.4. The Morgan fingerprint density at radius 1 is 1.19 bits per heavy atom. The minimum absolute atomic E-state index is 0.0732. The van der Waals surface area contributed by atoms with Crippen LogP contribution in [0.1, 0.15) is 13.8 Å². The predicted molar refractivity (Wildman–Crippen MR) is 103 cm³/mol. The Kier molecular flexibility index (Phi) is 4.96. The van der Waals surface area contributed by atoms with Crippen molar-refractivity contribution in [3.05, 3.63) is 40.5 Å². The van der Waals surface area contributed by atoms with Crippen molar-refractivity contribution in [1.29, 1.82) is 0 Å². The molecule has 0 spiro atoms. The quantitative estimate of drug-likeness (QED) is 0.154. The van der Waals surface area contributed by atoms with Gasteiger partial charge in [0.05, 0.1) is 30.0 Å². The van der Waals surface area contributed by atoms with Crippen LogP contribution >= 0.6 is 0 Å². The topological polar surface area (TPSA) is 152 Å². The normalized spacial score (nSPS) is 27.6. The van der Waals surface area contributed by atoms with Gasteiger partial charge in [-0.1, -0.05) is 6.08 Å². The lowest BCUT2D eigenvalue weighted by Gasteiger charge is -2.34. The average Bonchev–Trinajstić information content (AvgIpc) is 3.37. The Morgan fingerprint density at radius 2 is 1.84 bits per heavy atom. The lowest BCUT2D eigenvalue weighted by atomic mass is 9.76. The van der Waals surface area contributed by atoms with Gasteiger partial charge in [0.15, 0.2) is 5.60 Å². The van der Waals surface area contributed by atoms with E-state index in [4.69, 9.17) is 18.9 Å². The number of esters is 2. The van der Waals surface area contributed by atoms with E-state index in [2.05, 4.69) is 0 Å². The number of ether oxygens (including phenoxy) is 4. The average molecular weight is 446 g/mol.